The van der Waals surface area contributed by atoms with E-state index in [1.54, 1.807) is 30.0 Å². The lowest BCUT2D eigenvalue weighted by molar-refractivity contribution is 0.200. The Morgan fingerprint density at radius 1 is 1.43 bits per heavy atom. The van der Waals surface area contributed by atoms with Crippen molar-refractivity contribution in [2.75, 3.05) is 30.3 Å². The third-order valence-electron chi connectivity index (χ3n) is 3.92. The summed E-state index contributed by atoms with van der Waals surface area (Å²) in [5, 5.41) is -0.401. The number of hydrogen-bond donors (Lipinski definition) is 1. The van der Waals surface area contributed by atoms with Gasteiger partial charge in [-0.05, 0) is 18.6 Å². The molecule has 0 radical (unpaired) electrons. The van der Waals surface area contributed by atoms with Crippen LogP contribution in [0.5, 0.6) is 0 Å². The highest BCUT2D eigenvalue weighted by Crippen LogP contribution is 2.33. The van der Waals surface area contributed by atoms with Crippen molar-refractivity contribution in [1.82, 2.24) is 4.90 Å². The van der Waals surface area contributed by atoms with Gasteiger partial charge in [-0.1, -0.05) is 13.8 Å². The van der Waals surface area contributed by atoms with Crippen LogP contribution in [-0.2, 0) is 16.3 Å². The lowest BCUT2D eigenvalue weighted by atomic mass is 10.2. The van der Waals surface area contributed by atoms with Gasteiger partial charge in [-0.3, -0.25) is 4.90 Å². The Hall–Kier alpha value is -0.0800. The van der Waals surface area contributed by atoms with Crippen LogP contribution in [0.2, 0.25) is 0 Å². The standard InChI is InChI=1S/C14H24N2O2S3/c1-3-11-5-6-13(20-11)12(9-15)16-7-8-19-10-14(16)21(17,18)4-2/h5-6,12,14H,3-4,7-10,15H2,1-2H3. The van der Waals surface area contributed by atoms with Crippen LogP contribution >= 0.6 is 23.1 Å². The number of rotatable bonds is 6. The maximum atomic E-state index is 12.4. The van der Waals surface area contributed by atoms with Crippen LogP contribution < -0.4 is 5.73 Å². The fraction of sp³-hybridized carbons (Fsp3) is 0.714. The lowest BCUT2D eigenvalue weighted by Gasteiger charge is -2.39. The first-order valence-electron chi connectivity index (χ1n) is 7.37. The zero-order valence-corrected chi connectivity index (χ0v) is 15.1. The number of aryl methyl sites for hydroxylation is 1. The lowest BCUT2D eigenvalue weighted by Crippen LogP contribution is -2.50. The molecule has 120 valence electrons. The van der Waals surface area contributed by atoms with Gasteiger partial charge in [0.2, 0.25) is 0 Å². The molecule has 7 heteroatoms. The molecule has 4 nitrogen and oxygen atoms in total. The van der Waals surface area contributed by atoms with Gasteiger partial charge in [-0.25, -0.2) is 8.42 Å². The molecule has 21 heavy (non-hydrogen) atoms. The van der Waals surface area contributed by atoms with E-state index in [2.05, 4.69) is 24.0 Å². The molecule has 2 rings (SSSR count). The van der Waals surface area contributed by atoms with E-state index < -0.39 is 15.2 Å². The SMILES string of the molecule is CCc1ccc(C(CN)N2CCSCC2S(=O)(=O)CC)s1. The van der Waals surface area contributed by atoms with E-state index in [9.17, 15) is 8.42 Å². The molecule has 2 atom stereocenters. The van der Waals surface area contributed by atoms with Gasteiger partial charge in [0, 0.05) is 40.1 Å². The summed E-state index contributed by atoms with van der Waals surface area (Å²) in [4.78, 5) is 4.63. The van der Waals surface area contributed by atoms with Gasteiger partial charge < -0.3 is 5.73 Å². The zero-order chi connectivity index (χ0) is 15.5. The maximum Gasteiger partial charge on any atom is 0.166 e. The average molecular weight is 349 g/mol. The Kier molecular flexibility index (Phi) is 6.14. The number of sulfone groups is 1. The number of thioether (sulfide) groups is 1. The van der Waals surface area contributed by atoms with Gasteiger partial charge in [0.1, 0.15) is 5.37 Å². The van der Waals surface area contributed by atoms with Crippen molar-refractivity contribution in [3.05, 3.63) is 21.9 Å². The molecule has 0 amide bonds. The second-order valence-electron chi connectivity index (χ2n) is 5.13. The minimum absolute atomic E-state index is 0.0162. The van der Waals surface area contributed by atoms with Gasteiger partial charge in [0.25, 0.3) is 0 Å². The van der Waals surface area contributed by atoms with Gasteiger partial charge in [-0.2, -0.15) is 11.8 Å². The number of thiophene rings is 1. The van der Waals surface area contributed by atoms with Crippen molar-refractivity contribution < 1.29 is 8.42 Å². The summed E-state index contributed by atoms with van der Waals surface area (Å²) in [6.45, 7) is 5.11. The predicted octanol–water partition coefficient (Wildman–Crippen LogP) is 2.12. The van der Waals surface area contributed by atoms with Crippen molar-refractivity contribution in [3.8, 4) is 0 Å². The monoisotopic (exact) mass is 348 g/mol. The molecule has 1 aromatic rings. The molecule has 1 fully saturated rings. The predicted molar refractivity (Wildman–Crippen MR) is 92.8 cm³/mol. The highest BCUT2D eigenvalue weighted by Gasteiger charge is 2.37. The van der Waals surface area contributed by atoms with Crippen LogP contribution in [0.3, 0.4) is 0 Å². The third-order valence-corrected chi connectivity index (χ3v) is 8.56. The molecule has 1 aliphatic heterocycles. The van der Waals surface area contributed by atoms with Crippen LogP contribution in [0, 0.1) is 0 Å². The van der Waals surface area contributed by atoms with Crippen molar-refractivity contribution in [3.63, 3.8) is 0 Å². The van der Waals surface area contributed by atoms with E-state index >= 15 is 0 Å². The van der Waals surface area contributed by atoms with Crippen molar-refractivity contribution >= 4 is 32.9 Å². The van der Waals surface area contributed by atoms with Gasteiger partial charge >= 0.3 is 0 Å². The van der Waals surface area contributed by atoms with Crippen LogP contribution in [-0.4, -0.2) is 49.0 Å². The summed E-state index contributed by atoms with van der Waals surface area (Å²) in [6, 6.07) is 4.26. The fourth-order valence-corrected chi connectivity index (χ4v) is 6.79. The van der Waals surface area contributed by atoms with Crippen LogP contribution in [0.1, 0.15) is 29.6 Å². The Morgan fingerprint density at radius 2 is 2.19 bits per heavy atom. The third kappa shape index (κ3) is 3.82. The fourth-order valence-electron chi connectivity index (χ4n) is 2.63. The summed E-state index contributed by atoms with van der Waals surface area (Å²) in [5.41, 5.74) is 6.00. The molecule has 0 spiro atoms. The molecular formula is C14H24N2O2S3. The molecule has 2 N–H and O–H groups in total. The van der Waals surface area contributed by atoms with E-state index in [0.29, 0.717) is 12.3 Å². The van der Waals surface area contributed by atoms with Crippen LogP contribution in [0.25, 0.3) is 0 Å². The van der Waals surface area contributed by atoms with E-state index in [0.717, 1.165) is 18.7 Å². The molecule has 0 aliphatic carbocycles. The number of nitrogens with two attached hydrogens (primary N) is 1. The summed E-state index contributed by atoms with van der Waals surface area (Å²) in [5.74, 6) is 1.81. The molecule has 0 saturated carbocycles. The molecular weight excluding hydrogens is 324 g/mol. The first-order chi connectivity index (χ1) is 10.0. The molecule has 1 aliphatic rings. The molecule has 0 bridgehead atoms. The number of hydrogen-bond acceptors (Lipinski definition) is 6. The Morgan fingerprint density at radius 3 is 2.76 bits per heavy atom. The first kappa shape index (κ1) is 17.3. The average Bonchev–Trinajstić information content (AvgIpc) is 2.97. The molecule has 2 heterocycles. The highest BCUT2D eigenvalue weighted by molar-refractivity contribution is 8.01. The minimum Gasteiger partial charge on any atom is -0.329 e. The summed E-state index contributed by atoms with van der Waals surface area (Å²) in [7, 11) is -3.08. The van der Waals surface area contributed by atoms with Crippen molar-refractivity contribution in [1.29, 1.82) is 0 Å². The van der Waals surface area contributed by atoms with E-state index in [-0.39, 0.29) is 11.8 Å². The normalized spacial score (nSPS) is 22.3. The smallest absolute Gasteiger partial charge is 0.166 e. The molecule has 1 aromatic heterocycles. The second-order valence-corrected chi connectivity index (χ2v) is 9.93. The summed E-state index contributed by atoms with van der Waals surface area (Å²) >= 11 is 3.48. The van der Waals surface area contributed by atoms with Crippen molar-refractivity contribution in [2.45, 2.75) is 31.7 Å². The largest absolute Gasteiger partial charge is 0.329 e. The maximum absolute atomic E-state index is 12.4. The van der Waals surface area contributed by atoms with E-state index in [1.807, 2.05) is 0 Å². The number of nitrogens with zero attached hydrogens (tertiary/aromatic N) is 1. The van der Waals surface area contributed by atoms with Crippen LogP contribution in [0.15, 0.2) is 12.1 Å². The molecule has 0 aromatic carbocycles. The summed E-state index contributed by atoms with van der Waals surface area (Å²) < 4.78 is 24.8. The Balaban J connectivity index is 2.29. The van der Waals surface area contributed by atoms with Crippen molar-refractivity contribution in [2.24, 2.45) is 5.73 Å². The molecule has 2 unspecified atom stereocenters. The van der Waals surface area contributed by atoms with Gasteiger partial charge in [-0.15, -0.1) is 11.3 Å². The quantitative estimate of drug-likeness (QED) is 0.853. The van der Waals surface area contributed by atoms with Gasteiger partial charge in [0.15, 0.2) is 9.84 Å². The van der Waals surface area contributed by atoms with E-state index in [4.69, 9.17) is 5.73 Å². The molecule has 1 saturated heterocycles. The Labute approximate surface area is 136 Å². The topological polar surface area (TPSA) is 63.4 Å². The first-order valence-corrected chi connectivity index (χ1v) is 11.1. The zero-order valence-electron chi connectivity index (χ0n) is 12.6. The Bertz CT molecular complexity index is 556. The van der Waals surface area contributed by atoms with E-state index in [1.165, 1.54) is 9.75 Å². The highest BCUT2D eigenvalue weighted by atomic mass is 32.2. The summed E-state index contributed by atoms with van der Waals surface area (Å²) in [6.07, 6.45) is 1.01. The van der Waals surface area contributed by atoms with Crippen LogP contribution in [0.4, 0.5) is 0 Å². The minimum atomic E-state index is -3.08. The second kappa shape index (κ2) is 7.46. The van der Waals surface area contributed by atoms with Gasteiger partial charge in [0.05, 0.1) is 6.04 Å².